The van der Waals surface area contributed by atoms with Crippen LogP contribution in [0.5, 0.6) is 0 Å². The van der Waals surface area contributed by atoms with Crippen molar-refractivity contribution in [2.45, 2.75) is 52.4 Å². The first-order valence-corrected chi connectivity index (χ1v) is 7.16. The summed E-state index contributed by atoms with van der Waals surface area (Å²) in [5.41, 5.74) is 2.59. The molecule has 96 valence electrons. The third-order valence-electron chi connectivity index (χ3n) is 4.30. The lowest BCUT2D eigenvalue weighted by Gasteiger charge is -2.34. The quantitative estimate of drug-likeness (QED) is 0.763. The summed E-state index contributed by atoms with van der Waals surface area (Å²) >= 11 is 0. The highest BCUT2D eigenvalue weighted by atomic mass is 14.4. The van der Waals surface area contributed by atoms with E-state index in [-0.39, 0.29) is 5.41 Å². The normalized spacial score (nSPS) is 27.7. The van der Waals surface area contributed by atoms with Crippen LogP contribution in [-0.4, -0.2) is 0 Å². The molecule has 1 saturated carbocycles. The van der Waals surface area contributed by atoms with Gasteiger partial charge in [0.05, 0.1) is 11.5 Å². The maximum Gasteiger partial charge on any atom is 0.0693 e. The molecule has 1 aliphatic carbocycles. The Balaban J connectivity index is 2.12. The Morgan fingerprint density at radius 1 is 1.28 bits per heavy atom. The van der Waals surface area contributed by atoms with Gasteiger partial charge in [0.15, 0.2) is 0 Å². The minimum Gasteiger partial charge on any atom is -0.198 e. The van der Waals surface area contributed by atoms with Crippen LogP contribution in [0.15, 0.2) is 24.3 Å². The minimum atomic E-state index is -0.106. The van der Waals surface area contributed by atoms with Crippen molar-refractivity contribution in [3.63, 3.8) is 0 Å². The molecule has 0 N–H and O–H groups in total. The summed E-state index contributed by atoms with van der Waals surface area (Å²) in [6, 6.07) is 11.4. The van der Waals surface area contributed by atoms with E-state index in [1.54, 1.807) is 0 Å². The van der Waals surface area contributed by atoms with Crippen molar-refractivity contribution >= 4 is 0 Å². The first kappa shape index (κ1) is 13.1. The molecular weight excluding hydrogens is 218 g/mol. The fourth-order valence-corrected chi connectivity index (χ4v) is 3.25. The first-order chi connectivity index (χ1) is 8.67. The minimum absolute atomic E-state index is 0.106. The predicted octanol–water partition coefficient (Wildman–Crippen LogP) is 4.51. The van der Waals surface area contributed by atoms with Crippen molar-refractivity contribution < 1.29 is 0 Å². The summed E-state index contributed by atoms with van der Waals surface area (Å²) < 4.78 is 0. The highest BCUT2D eigenvalue weighted by Gasteiger charge is 2.35. The Labute approximate surface area is 111 Å². The van der Waals surface area contributed by atoms with Gasteiger partial charge in [0.2, 0.25) is 0 Å². The fraction of sp³-hybridized carbons (Fsp3) is 0.588. The largest absolute Gasteiger partial charge is 0.198 e. The van der Waals surface area contributed by atoms with E-state index in [9.17, 15) is 5.26 Å². The summed E-state index contributed by atoms with van der Waals surface area (Å²) in [6.07, 6.45) is 6.65. The van der Waals surface area contributed by atoms with Crippen molar-refractivity contribution in [2.75, 3.05) is 0 Å². The predicted molar refractivity (Wildman–Crippen MR) is 75.2 cm³/mol. The lowest BCUT2D eigenvalue weighted by atomic mass is 9.68. The van der Waals surface area contributed by atoms with Crippen LogP contribution in [0.4, 0.5) is 0 Å². The number of hydrogen-bond donors (Lipinski definition) is 0. The van der Waals surface area contributed by atoms with Crippen molar-refractivity contribution in [2.24, 2.45) is 11.3 Å². The monoisotopic (exact) mass is 241 g/mol. The molecule has 0 heterocycles. The van der Waals surface area contributed by atoms with Crippen molar-refractivity contribution in [1.29, 1.82) is 5.26 Å². The van der Waals surface area contributed by atoms with Gasteiger partial charge in [-0.2, -0.15) is 5.26 Å². The molecule has 1 nitrogen and oxygen atoms in total. The lowest BCUT2D eigenvalue weighted by molar-refractivity contribution is 0.209. The number of nitrogens with zero attached hydrogens (tertiary/aromatic N) is 1. The molecule has 0 bridgehead atoms. The number of hydrogen-bond acceptors (Lipinski definition) is 1. The summed E-state index contributed by atoms with van der Waals surface area (Å²) in [4.78, 5) is 0. The Morgan fingerprint density at radius 2 is 1.94 bits per heavy atom. The molecule has 2 rings (SSSR count). The van der Waals surface area contributed by atoms with E-state index < -0.39 is 0 Å². The SMILES string of the molecule is CCc1ccc(CC2(C#N)CCCC(C)C2)cc1. The Morgan fingerprint density at radius 3 is 2.50 bits per heavy atom. The van der Waals surface area contributed by atoms with Crippen LogP contribution in [0.2, 0.25) is 0 Å². The maximum atomic E-state index is 9.57. The molecule has 0 aromatic heterocycles. The lowest BCUT2D eigenvalue weighted by Crippen LogP contribution is -2.28. The Hall–Kier alpha value is -1.29. The molecule has 2 unspecified atom stereocenters. The third kappa shape index (κ3) is 2.93. The zero-order valence-corrected chi connectivity index (χ0v) is 11.6. The van der Waals surface area contributed by atoms with Crippen LogP contribution in [0.1, 0.15) is 50.7 Å². The van der Waals surface area contributed by atoms with Gasteiger partial charge >= 0.3 is 0 Å². The molecule has 0 aliphatic heterocycles. The van der Waals surface area contributed by atoms with Gasteiger partial charge in [-0.25, -0.2) is 0 Å². The van der Waals surface area contributed by atoms with Gasteiger partial charge in [0.25, 0.3) is 0 Å². The molecule has 0 spiro atoms. The molecule has 18 heavy (non-hydrogen) atoms. The van der Waals surface area contributed by atoms with Crippen LogP contribution >= 0.6 is 0 Å². The second-order valence-corrected chi connectivity index (χ2v) is 5.94. The van der Waals surface area contributed by atoms with E-state index >= 15 is 0 Å². The average Bonchev–Trinajstić information content (AvgIpc) is 2.39. The zero-order valence-electron chi connectivity index (χ0n) is 11.6. The topological polar surface area (TPSA) is 23.8 Å². The van der Waals surface area contributed by atoms with Crippen LogP contribution in [0.25, 0.3) is 0 Å². The second kappa shape index (κ2) is 5.57. The zero-order chi connectivity index (χ0) is 13.0. The number of benzene rings is 1. The van der Waals surface area contributed by atoms with Crippen molar-refractivity contribution in [3.05, 3.63) is 35.4 Å². The maximum absolute atomic E-state index is 9.57. The summed E-state index contributed by atoms with van der Waals surface area (Å²) in [6.45, 7) is 4.46. The molecule has 1 fully saturated rings. The van der Waals surface area contributed by atoms with Gasteiger partial charge in [-0.05, 0) is 42.7 Å². The van der Waals surface area contributed by atoms with Gasteiger partial charge in [-0.15, -0.1) is 0 Å². The van der Waals surface area contributed by atoms with Gasteiger partial charge in [0.1, 0.15) is 0 Å². The van der Waals surface area contributed by atoms with E-state index in [0.717, 1.165) is 25.7 Å². The van der Waals surface area contributed by atoms with Crippen LogP contribution in [0.3, 0.4) is 0 Å². The average molecular weight is 241 g/mol. The highest BCUT2D eigenvalue weighted by Crippen LogP contribution is 2.41. The molecule has 1 aromatic rings. The number of rotatable bonds is 3. The van der Waals surface area contributed by atoms with E-state index in [1.807, 2.05) is 0 Å². The third-order valence-corrected chi connectivity index (χ3v) is 4.30. The van der Waals surface area contributed by atoms with Crippen molar-refractivity contribution in [1.82, 2.24) is 0 Å². The smallest absolute Gasteiger partial charge is 0.0693 e. The summed E-state index contributed by atoms with van der Waals surface area (Å²) in [5, 5.41) is 9.57. The van der Waals surface area contributed by atoms with Crippen LogP contribution in [-0.2, 0) is 12.8 Å². The molecule has 0 amide bonds. The number of aryl methyl sites for hydroxylation is 1. The van der Waals surface area contributed by atoms with E-state index in [1.165, 1.54) is 24.0 Å². The fourth-order valence-electron chi connectivity index (χ4n) is 3.25. The standard InChI is InChI=1S/C17H23N/c1-3-15-6-8-16(9-7-15)12-17(13-18)10-4-5-14(2)11-17/h6-9,14H,3-5,10-12H2,1-2H3. The molecule has 1 heteroatoms. The van der Waals surface area contributed by atoms with Crippen LogP contribution < -0.4 is 0 Å². The van der Waals surface area contributed by atoms with Crippen molar-refractivity contribution in [3.8, 4) is 6.07 Å². The molecule has 1 aromatic carbocycles. The van der Waals surface area contributed by atoms with E-state index in [0.29, 0.717) is 5.92 Å². The number of nitriles is 1. The first-order valence-electron chi connectivity index (χ1n) is 7.16. The second-order valence-electron chi connectivity index (χ2n) is 5.94. The van der Waals surface area contributed by atoms with Crippen LogP contribution in [0, 0.1) is 22.7 Å². The van der Waals surface area contributed by atoms with Gasteiger partial charge in [0, 0.05) is 0 Å². The Kier molecular flexibility index (Phi) is 4.07. The molecule has 0 saturated heterocycles. The van der Waals surface area contributed by atoms with Gasteiger partial charge < -0.3 is 0 Å². The molecule has 0 radical (unpaired) electrons. The van der Waals surface area contributed by atoms with Gasteiger partial charge in [-0.3, -0.25) is 0 Å². The summed E-state index contributed by atoms with van der Waals surface area (Å²) in [5.74, 6) is 0.702. The molecule has 2 atom stereocenters. The molecular formula is C17H23N. The summed E-state index contributed by atoms with van der Waals surface area (Å²) in [7, 11) is 0. The van der Waals surface area contributed by atoms with Gasteiger partial charge in [-0.1, -0.05) is 51.0 Å². The Bertz CT molecular complexity index is 426. The highest BCUT2D eigenvalue weighted by molar-refractivity contribution is 5.25. The van der Waals surface area contributed by atoms with E-state index in [2.05, 4.69) is 44.2 Å². The molecule has 1 aliphatic rings. The van der Waals surface area contributed by atoms with E-state index in [4.69, 9.17) is 0 Å².